The lowest BCUT2D eigenvalue weighted by atomic mass is 10.1. The molecule has 0 atom stereocenters. The van der Waals surface area contributed by atoms with Gasteiger partial charge in [0.05, 0.1) is 40.9 Å². The number of hydrogen-bond donors (Lipinski definition) is 2. The molecule has 0 aliphatic rings. The largest absolute Gasteiger partial charge is 0.353 e. The van der Waals surface area contributed by atoms with E-state index in [9.17, 15) is 0 Å². The van der Waals surface area contributed by atoms with Crippen LogP contribution in [0.4, 0.5) is 0 Å². The Morgan fingerprint density at radius 1 is 0.462 bits per heavy atom. The summed E-state index contributed by atoms with van der Waals surface area (Å²) < 4.78 is 5.18. The average Bonchev–Trinajstić information content (AvgIpc) is 2.70. The van der Waals surface area contributed by atoms with E-state index in [4.69, 9.17) is 0 Å². The molecule has 2 heterocycles. The Bertz CT molecular complexity index is 1380. The number of H-pyrrole nitrogens is 2. The van der Waals surface area contributed by atoms with Crippen molar-refractivity contribution in [3.63, 3.8) is 0 Å². The first kappa shape index (κ1) is 14.4. The zero-order chi connectivity index (χ0) is 17.1. The van der Waals surface area contributed by atoms with Crippen molar-refractivity contribution in [1.29, 1.82) is 0 Å². The molecule has 6 aromatic rings. The van der Waals surface area contributed by atoms with Crippen LogP contribution >= 0.6 is 22.7 Å². The minimum absolute atomic E-state index is 1.19. The van der Waals surface area contributed by atoms with Gasteiger partial charge in [-0.15, -0.1) is 22.7 Å². The predicted molar refractivity (Wildman–Crippen MR) is 116 cm³/mol. The molecule has 0 aliphatic heterocycles. The first-order chi connectivity index (χ1) is 12.9. The van der Waals surface area contributed by atoms with Gasteiger partial charge in [0.25, 0.3) is 0 Å². The fourth-order valence-corrected chi connectivity index (χ4v) is 5.82. The molecule has 124 valence electrons. The molecular formula is C22H14N2S2. The minimum Gasteiger partial charge on any atom is -0.353 e. The van der Waals surface area contributed by atoms with E-state index in [0.29, 0.717) is 0 Å². The summed E-state index contributed by atoms with van der Waals surface area (Å²) in [5, 5.41) is 2.61. The maximum absolute atomic E-state index is 3.59. The first-order valence-electron chi connectivity index (χ1n) is 8.54. The predicted octanol–water partition coefficient (Wildman–Crippen LogP) is 7.36. The lowest BCUT2D eigenvalue weighted by Gasteiger charge is -2.09. The zero-order valence-electron chi connectivity index (χ0n) is 13.7. The molecule has 4 aromatic carbocycles. The SMILES string of the molecule is c1ccc2sc3c(ccc4c3ccc3[nH]c5ccccc5sc34)[nH]c2c1. The Balaban J connectivity index is 1.80. The highest BCUT2D eigenvalue weighted by Gasteiger charge is 2.08. The molecule has 0 aliphatic carbocycles. The molecule has 0 amide bonds. The number of aromatic nitrogens is 2. The molecule has 0 bridgehead atoms. The third-order valence-corrected chi connectivity index (χ3v) is 7.28. The second kappa shape index (κ2) is 5.34. The van der Waals surface area contributed by atoms with Gasteiger partial charge in [-0.05, 0) is 36.4 Å². The van der Waals surface area contributed by atoms with Crippen LogP contribution in [0.2, 0.25) is 0 Å². The van der Waals surface area contributed by atoms with Crippen molar-refractivity contribution in [2.75, 3.05) is 0 Å². The van der Waals surface area contributed by atoms with Crippen LogP contribution < -0.4 is 0 Å². The van der Waals surface area contributed by atoms with Gasteiger partial charge in [0.1, 0.15) is 0 Å². The van der Waals surface area contributed by atoms with E-state index in [2.05, 4.69) is 82.8 Å². The van der Waals surface area contributed by atoms with Gasteiger partial charge in [0.15, 0.2) is 0 Å². The number of rotatable bonds is 0. The number of benzene rings is 4. The molecule has 0 saturated heterocycles. The molecule has 2 N–H and O–H groups in total. The highest BCUT2D eigenvalue weighted by atomic mass is 32.1. The van der Waals surface area contributed by atoms with E-state index in [0.717, 1.165) is 0 Å². The molecule has 26 heavy (non-hydrogen) atoms. The van der Waals surface area contributed by atoms with Crippen LogP contribution in [0.25, 0.3) is 51.6 Å². The van der Waals surface area contributed by atoms with Crippen molar-refractivity contribution >= 4 is 74.3 Å². The third-order valence-electron chi connectivity index (χ3n) is 4.84. The highest BCUT2D eigenvalue weighted by Crippen LogP contribution is 2.37. The molecule has 0 radical (unpaired) electrons. The minimum atomic E-state index is 1.19. The second-order valence-corrected chi connectivity index (χ2v) is 8.53. The van der Waals surface area contributed by atoms with Crippen molar-refractivity contribution in [1.82, 2.24) is 9.97 Å². The zero-order valence-corrected chi connectivity index (χ0v) is 15.4. The Hall–Kier alpha value is -2.82. The van der Waals surface area contributed by atoms with Crippen molar-refractivity contribution in [3.05, 3.63) is 72.8 Å². The number of hydrogen-bond acceptors (Lipinski definition) is 2. The molecule has 0 spiro atoms. The molecule has 6 rings (SSSR count). The van der Waals surface area contributed by atoms with E-state index in [1.165, 1.54) is 51.6 Å². The van der Waals surface area contributed by atoms with Crippen LogP contribution in [0.5, 0.6) is 0 Å². The van der Waals surface area contributed by atoms with Crippen LogP contribution in [-0.2, 0) is 0 Å². The van der Waals surface area contributed by atoms with Crippen LogP contribution in [0.1, 0.15) is 0 Å². The van der Waals surface area contributed by atoms with E-state index in [-0.39, 0.29) is 0 Å². The summed E-state index contributed by atoms with van der Waals surface area (Å²) in [7, 11) is 0. The van der Waals surface area contributed by atoms with E-state index in [1.54, 1.807) is 0 Å². The first-order valence-corrected chi connectivity index (χ1v) is 10.2. The number of para-hydroxylation sites is 2. The summed E-state index contributed by atoms with van der Waals surface area (Å²) >= 11 is 3.71. The summed E-state index contributed by atoms with van der Waals surface area (Å²) in [6, 6.07) is 25.9. The smallest absolute Gasteiger partial charge is 0.0591 e. The Morgan fingerprint density at radius 3 is 1.42 bits per heavy atom. The van der Waals surface area contributed by atoms with E-state index < -0.39 is 0 Å². The molecular weight excluding hydrogens is 356 g/mol. The maximum Gasteiger partial charge on any atom is 0.0591 e. The standard InChI is InChI=1S/C22H14N2S2/c1-3-7-19-15(5-1)23-17-11-9-14-13(21(17)25-19)10-12-18-22(14)26-20-8-4-2-6-16(20)24-18/h1-12,23-24H. The summed E-state index contributed by atoms with van der Waals surface area (Å²) in [5.74, 6) is 0. The van der Waals surface area contributed by atoms with Gasteiger partial charge in [-0.1, -0.05) is 36.4 Å². The lowest BCUT2D eigenvalue weighted by molar-refractivity contribution is 1.52. The van der Waals surface area contributed by atoms with Gasteiger partial charge in [-0.3, -0.25) is 0 Å². The molecule has 2 nitrogen and oxygen atoms in total. The highest BCUT2D eigenvalue weighted by molar-refractivity contribution is 7.26. The number of aromatic amines is 2. The molecule has 2 aromatic heterocycles. The van der Waals surface area contributed by atoms with Gasteiger partial charge >= 0.3 is 0 Å². The lowest BCUT2D eigenvalue weighted by Crippen LogP contribution is -1.84. The molecule has 0 fully saturated rings. The normalized spacial score (nSPS) is 11.8. The van der Waals surface area contributed by atoms with Crippen molar-refractivity contribution in [2.24, 2.45) is 0 Å². The quantitative estimate of drug-likeness (QED) is 0.207. The van der Waals surface area contributed by atoms with Crippen molar-refractivity contribution in [2.45, 2.75) is 0 Å². The fraction of sp³-hybridized carbons (Fsp3) is 0. The van der Waals surface area contributed by atoms with Gasteiger partial charge in [-0.25, -0.2) is 0 Å². The van der Waals surface area contributed by atoms with Crippen molar-refractivity contribution < 1.29 is 0 Å². The summed E-state index contributed by atoms with van der Waals surface area (Å²) in [6.07, 6.45) is 0. The average molecular weight is 371 g/mol. The summed E-state index contributed by atoms with van der Waals surface area (Å²) in [5.41, 5.74) is 4.75. The Kier molecular flexibility index (Phi) is 2.95. The second-order valence-electron chi connectivity index (χ2n) is 6.43. The third kappa shape index (κ3) is 2.03. The maximum atomic E-state index is 3.59. The molecule has 4 heteroatoms. The van der Waals surface area contributed by atoms with Gasteiger partial charge < -0.3 is 9.97 Å². The van der Waals surface area contributed by atoms with E-state index in [1.807, 2.05) is 22.7 Å². The topological polar surface area (TPSA) is 31.6 Å². The molecule has 0 saturated carbocycles. The van der Waals surface area contributed by atoms with Gasteiger partial charge in [0, 0.05) is 10.8 Å². The van der Waals surface area contributed by atoms with Crippen LogP contribution in [0, 0.1) is 0 Å². The monoisotopic (exact) mass is 370 g/mol. The van der Waals surface area contributed by atoms with Crippen LogP contribution in [0.15, 0.2) is 72.8 Å². The van der Waals surface area contributed by atoms with Gasteiger partial charge in [0.2, 0.25) is 0 Å². The summed E-state index contributed by atoms with van der Waals surface area (Å²) in [6.45, 7) is 0. The number of fused-ring (bicyclic) bond motifs is 7. The summed E-state index contributed by atoms with van der Waals surface area (Å²) in [4.78, 5) is 7.17. The van der Waals surface area contributed by atoms with Crippen LogP contribution in [-0.4, -0.2) is 9.97 Å². The number of nitrogens with one attached hydrogen (secondary N) is 2. The van der Waals surface area contributed by atoms with Crippen LogP contribution in [0.3, 0.4) is 0 Å². The van der Waals surface area contributed by atoms with E-state index >= 15 is 0 Å². The fourth-order valence-electron chi connectivity index (χ4n) is 3.60. The van der Waals surface area contributed by atoms with Crippen molar-refractivity contribution in [3.8, 4) is 0 Å². The van der Waals surface area contributed by atoms with Gasteiger partial charge in [-0.2, -0.15) is 0 Å². The molecule has 0 unspecified atom stereocenters. The Labute approximate surface area is 157 Å². The Morgan fingerprint density at radius 2 is 0.923 bits per heavy atom.